The summed E-state index contributed by atoms with van der Waals surface area (Å²) in [6, 6.07) is 5.85. The SMILES string of the molecule is CCC(=O)Oc1c(C(=O)c2cc(C)ccn2)[nH]c2cc(Cl)c(F)cc12. The van der Waals surface area contributed by atoms with Crippen LogP contribution in [0.3, 0.4) is 0 Å². The molecule has 2 heterocycles. The van der Waals surface area contributed by atoms with Crippen LogP contribution in [0, 0.1) is 12.7 Å². The van der Waals surface area contributed by atoms with Crippen molar-refractivity contribution in [3.8, 4) is 5.75 Å². The van der Waals surface area contributed by atoms with Crippen molar-refractivity contribution in [3.63, 3.8) is 0 Å². The number of ether oxygens (including phenoxy) is 1. The molecule has 0 aliphatic heterocycles. The molecule has 2 aromatic heterocycles. The van der Waals surface area contributed by atoms with Gasteiger partial charge < -0.3 is 9.72 Å². The van der Waals surface area contributed by atoms with E-state index in [-0.39, 0.29) is 34.0 Å². The Hall–Kier alpha value is -2.73. The highest BCUT2D eigenvalue weighted by Crippen LogP contribution is 2.34. The van der Waals surface area contributed by atoms with Gasteiger partial charge in [-0.3, -0.25) is 14.6 Å². The summed E-state index contributed by atoms with van der Waals surface area (Å²) >= 11 is 5.80. The number of ketones is 1. The van der Waals surface area contributed by atoms with Gasteiger partial charge in [-0.25, -0.2) is 4.39 Å². The molecule has 3 rings (SSSR count). The zero-order chi connectivity index (χ0) is 18.1. The summed E-state index contributed by atoms with van der Waals surface area (Å²) in [5, 5.41) is 0.162. The topological polar surface area (TPSA) is 72.1 Å². The number of benzene rings is 1. The van der Waals surface area contributed by atoms with Crippen LogP contribution < -0.4 is 4.74 Å². The maximum atomic E-state index is 13.9. The molecule has 0 amide bonds. The number of carbonyl (C=O) groups is 2. The van der Waals surface area contributed by atoms with Gasteiger partial charge in [-0.2, -0.15) is 0 Å². The molecule has 7 heteroatoms. The number of aromatic nitrogens is 2. The molecule has 3 aromatic rings. The third-order valence-electron chi connectivity index (χ3n) is 3.67. The lowest BCUT2D eigenvalue weighted by Crippen LogP contribution is -2.11. The second-order valence-electron chi connectivity index (χ2n) is 5.52. The fourth-order valence-corrected chi connectivity index (χ4v) is 2.57. The first-order valence-electron chi connectivity index (χ1n) is 7.59. The molecule has 5 nitrogen and oxygen atoms in total. The highest BCUT2D eigenvalue weighted by atomic mass is 35.5. The first kappa shape index (κ1) is 17.1. The smallest absolute Gasteiger partial charge is 0.310 e. The molecular weight excluding hydrogens is 347 g/mol. The Bertz CT molecular complexity index is 997. The Morgan fingerprint density at radius 1 is 1.32 bits per heavy atom. The van der Waals surface area contributed by atoms with Crippen molar-refractivity contribution in [3.05, 3.63) is 58.3 Å². The van der Waals surface area contributed by atoms with Gasteiger partial charge in [-0.15, -0.1) is 0 Å². The van der Waals surface area contributed by atoms with Gasteiger partial charge in [-0.05, 0) is 36.8 Å². The lowest BCUT2D eigenvalue weighted by Gasteiger charge is -2.05. The molecule has 25 heavy (non-hydrogen) atoms. The van der Waals surface area contributed by atoms with Crippen LogP contribution >= 0.6 is 11.6 Å². The summed E-state index contributed by atoms with van der Waals surface area (Å²) < 4.78 is 19.1. The molecule has 0 spiro atoms. The van der Waals surface area contributed by atoms with E-state index in [2.05, 4.69) is 9.97 Å². The van der Waals surface area contributed by atoms with E-state index in [1.54, 1.807) is 19.1 Å². The van der Waals surface area contributed by atoms with Crippen molar-refractivity contribution >= 4 is 34.3 Å². The van der Waals surface area contributed by atoms with E-state index < -0.39 is 17.6 Å². The molecule has 0 atom stereocenters. The van der Waals surface area contributed by atoms with Gasteiger partial charge in [0, 0.05) is 18.0 Å². The second kappa shape index (κ2) is 6.64. The summed E-state index contributed by atoms with van der Waals surface area (Å²) in [5.41, 5.74) is 1.46. The number of nitrogens with one attached hydrogen (secondary N) is 1. The number of nitrogens with zero attached hydrogens (tertiary/aromatic N) is 1. The van der Waals surface area contributed by atoms with Crippen LogP contribution in [0.1, 0.15) is 35.1 Å². The Kier molecular flexibility index (Phi) is 4.55. The van der Waals surface area contributed by atoms with Crippen molar-refractivity contribution < 1.29 is 18.7 Å². The Morgan fingerprint density at radius 2 is 2.08 bits per heavy atom. The molecule has 1 aromatic carbocycles. The molecule has 0 radical (unpaired) electrons. The van der Waals surface area contributed by atoms with Crippen molar-refractivity contribution in [1.82, 2.24) is 9.97 Å². The minimum absolute atomic E-state index is 0.0225. The lowest BCUT2D eigenvalue weighted by molar-refractivity contribution is -0.133. The molecule has 128 valence electrons. The first-order chi connectivity index (χ1) is 11.9. The number of pyridine rings is 1. The number of carbonyl (C=O) groups excluding carboxylic acids is 2. The number of fused-ring (bicyclic) bond motifs is 1. The van der Waals surface area contributed by atoms with Crippen LogP contribution in [0.4, 0.5) is 4.39 Å². The summed E-state index contributed by atoms with van der Waals surface area (Å²) in [7, 11) is 0. The standard InChI is InChI=1S/C18H14ClFN2O3/c1-3-15(23)25-18-10-7-12(20)11(19)8-13(10)22-16(18)17(24)14-6-9(2)4-5-21-14/h4-8,22H,3H2,1-2H3. The number of hydrogen-bond acceptors (Lipinski definition) is 4. The molecule has 0 fully saturated rings. The number of H-pyrrole nitrogens is 1. The Morgan fingerprint density at radius 3 is 2.76 bits per heavy atom. The van der Waals surface area contributed by atoms with E-state index in [0.717, 1.165) is 11.6 Å². The van der Waals surface area contributed by atoms with Gasteiger partial charge in [0.05, 0.1) is 10.5 Å². The quantitative estimate of drug-likeness (QED) is 0.558. The predicted molar refractivity (Wildman–Crippen MR) is 91.6 cm³/mol. The van der Waals surface area contributed by atoms with Crippen molar-refractivity contribution in [2.75, 3.05) is 0 Å². The monoisotopic (exact) mass is 360 g/mol. The minimum Gasteiger partial charge on any atom is -0.423 e. The summed E-state index contributed by atoms with van der Waals surface area (Å²) in [6.45, 7) is 3.45. The van der Waals surface area contributed by atoms with Gasteiger partial charge in [-0.1, -0.05) is 18.5 Å². The van der Waals surface area contributed by atoms with Gasteiger partial charge in [0.1, 0.15) is 17.2 Å². The van der Waals surface area contributed by atoms with Crippen LogP contribution in [0.2, 0.25) is 5.02 Å². The average Bonchev–Trinajstić information content (AvgIpc) is 2.92. The van der Waals surface area contributed by atoms with Gasteiger partial charge >= 0.3 is 5.97 Å². The number of halogens is 2. The predicted octanol–water partition coefficient (Wildman–Crippen LogP) is 4.21. The third-order valence-corrected chi connectivity index (χ3v) is 3.96. The minimum atomic E-state index is -0.672. The number of rotatable bonds is 4. The van der Waals surface area contributed by atoms with Gasteiger partial charge in [0.25, 0.3) is 0 Å². The summed E-state index contributed by atoms with van der Waals surface area (Å²) in [5.74, 6) is -1.70. The zero-order valence-electron chi connectivity index (χ0n) is 13.5. The van der Waals surface area contributed by atoms with Crippen LogP contribution in [0.15, 0.2) is 30.5 Å². The molecule has 0 aliphatic rings. The van der Waals surface area contributed by atoms with Crippen molar-refractivity contribution in [1.29, 1.82) is 0 Å². The summed E-state index contributed by atoms with van der Waals surface area (Å²) in [6.07, 6.45) is 1.62. The zero-order valence-corrected chi connectivity index (χ0v) is 14.3. The largest absolute Gasteiger partial charge is 0.423 e. The maximum Gasteiger partial charge on any atom is 0.310 e. The Labute approximate surface area is 147 Å². The normalized spacial score (nSPS) is 10.9. The molecular formula is C18H14ClFN2O3. The molecule has 0 bridgehead atoms. The maximum absolute atomic E-state index is 13.9. The van der Waals surface area contributed by atoms with Gasteiger partial charge in [0.2, 0.25) is 5.78 Å². The number of hydrogen-bond donors (Lipinski definition) is 1. The van der Waals surface area contributed by atoms with E-state index in [4.69, 9.17) is 16.3 Å². The van der Waals surface area contributed by atoms with Gasteiger partial charge in [0.15, 0.2) is 5.75 Å². The van der Waals surface area contributed by atoms with E-state index >= 15 is 0 Å². The summed E-state index contributed by atoms with van der Waals surface area (Å²) in [4.78, 5) is 31.5. The molecule has 0 saturated heterocycles. The van der Waals surface area contributed by atoms with Crippen molar-refractivity contribution in [2.24, 2.45) is 0 Å². The van der Waals surface area contributed by atoms with E-state index in [0.29, 0.717) is 5.52 Å². The van der Waals surface area contributed by atoms with E-state index in [9.17, 15) is 14.0 Å². The lowest BCUT2D eigenvalue weighted by atomic mass is 10.1. The third kappa shape index (κ3) is 3.25. The van der Waals surface area contributed by atoms with E-state index in [1.807, 2.05) is 6.92 Å². The van der Waals surface area contributed by atoms with E-state index in [1.165, 1.54) is 12.3 Å². The average molecular weight is 361 g/mol. The molecule has 0 unspecified atom stereocenters. The molecule has 0 saturated carbocycles. The van der Waals surface area contributed by atoms with Crippen LogP contribution in [-0.2, 0) is 4.79 Å². The highest BCUT2D eigenvalue weighted by Gasteiger charge is 2.24. The highest BCUT2D eigenvalue weighted by molar-refractivity contribution is 6.31. The first-order valence-corrected chi connectivity index (χ1v) is 7.97. The van der Waals surface area contributed by atoms with Crippen molar-refractivity contribution in [2.45, 2.75) is 20.3 Å². The van der Waals surface area contributed by atoms with Crippen LogP contribution in [0.25, 0.3) is 10.9 Å². The Balaban J connectivity index is 2.20. The number of aromatic amines is 1. The fraction of sp³-hybridized carbons (Fsp3) is 0.167. The fourth-order valence-electron chi connectivity index (χ4n) is 2.40. The molecule has 0 aliphatic carbocycles. The number of esters is 1. The molecule has 1 N–H and O–H groups in total. The van der Waals surface area contributed by atoms with Crippen LogP contribution in [0.5, 0.6) is 5.75 Å². The second-order valence-corrected chi connectivity index (χ2v) is 5.92. The number of aryl methyl sites for hydroxylation is 1. The van der Waals surface area contributed by atoms with Crippen LogP contribution in [-0.4, -0.2) is 21.7 Å².